The number of carbonyl (C=O) groups excluding carboxylic acids is 1. The van der Waals surface area contributed by atoms with Gasteiger partial charge in [0.25, 0.3) is 5.91 Å². The number of quaternary nitrogens is 1. The summed E-state index contributed by atoms with van der Waals surface area (Å²) in [6.07, 6.45) is 0. The molecular weight excluding hydrogens is 362 g/mol. The van der Waals surface area contributed by atoms with Gasteiger partial charge in [0.1, 0.15) is 11.8 Å². The lowest BCUT2D eigenvalue weighted by Gasteiger charge is -2.36. The maximum absolute atomic E-state index is 12.6. The summed E-state index contributed by atoms with van der Waals surface area (Å²) in [6.45, 7) is 5.71. The van der Waals surface area contributed by atoms with Crippen LogP contribution in [0, 0.1) is 0 Å². The molecule has 1 saturated heterocycles. The summed E-state index contributed by atoms with van der Waals surface area (Å²) < 4.78 is 5.21. The van der Waals surface area contributed by atoms with Crippen molar-refractivity contribution in [2.45, 2.75) is 13.0 Å². The molecule has 2 N–H and O–H groups in total. The topological polar surface area (TPSA) is 49.4 Å². The lowest BCUT2D eigenvalue weighted by atomic mass is 10.1. The highest BCUT2D eigenvalue weighted by Crippen LogP contribution is 2.21. The molecule has 3 rings (SSSR count). The maximum atomic E-state index is 12.6. The van der Waals surface area contributed by atoms with E-state index in [0.29, 0.717) is 6.54 Å². The zero-order chi connectivity index (χ0) is 19.2. The molecule has 1 amide bonds. The van der Waals surface area contributed by atoms with E-state index in [9.17, 15) is 4.79 Å². The molecule has 2 aromatic carbocycles. The summed E-state index contributed by atoms with van der Waals surface area (Å²) in [7, 11) is 1.67. The van der Waals surface area contributed by atoms with E-state index in [0.717, 1.165) is 42.5 Å². The number of nitrogens with zero attached hydrogens (tertiary/aromatic N) is 2. The molecule has 5 nitrogen and oxygen atoms in total. The van der Waals surface area contributed by atoms with E-state index >= 15 is 0 Å². The van der Waals surface area contributed by atoms with E-state index in [1.54, 1.807) is 7.11 Å². The molecule has 27 heavy (non-hydrogen) atoms. The number of rotatable bonds is 6. The van der Waals surface area contributed by atoms with E-state index in [4.69, 9.17) is 16.3 Å². The smallest absolute Gasteiger partial charge is 0.277 e. The van der Waals surface area contributed by atoms with Crippen molar-refractivity contribution in [2.24, 2.45) is 0 Å². The van der Waals surface area contributed by atoms with Gasteiger partial charge >= 0.3 is 0 Å². The molecule has 1 aliphatic heterocycles. The third kappa shape index (κ3) is 4.93. The van der Waals surface area contributed by atoms with Gasteiger partial charge in [0, 0.05) is 42.5 Å². The molecule has 0 unspecified atom stereocenters. The van der Waals surface area contributed by atoms with Gasteiger partial charge in [-0.1, -0.05) is 29.8 Å². The van der Waals surface area contributed by atoms with Crippen LogP contribution in [-0.2, 0) is 4.79 Å². The minimum Gasteiger partial charge on any atom is -0.497 e. The molecule has 6 heteroatoms. The zero-order valence-corrected chi connectivity index (χ0v) is 16.7. The summed E-state index contributed by atoms with van der Waals surface area (Å²) in [5.41, 5.74) is 2.23. The predicted molar refractivity (Wildman–Crippen MR) is 108 cm³/mol. The number of carbonyl (C=O) groups is 1. The van der Waals surface area contributed by atoms with Crippen molar-refractivity contribution in [2.75, 3.05) is 44.7 Å². The minimum absolute atomic E-state index is 0.156. The van der Waals surface area contributed by atoms with Crippen LogP contribution >= 0.6 is 11.6 Å². The van der Waals surface area contributed by atoms with Crippen molar-refractivity contribution in [1.29, 1.82) is 0 Å². The molecule has 1 atom stereocenters. The number of amides is 1. The normalized spacial score (nSPS) is 15.5. The second-order valence-electron chi connectivity index (χ2n) is 6.82. The number of methoxy groups -OCH3 is 1. The summed E-state index contributed by atoms with van der Waals surface area (Å²) in [4.78, 5) is 16.8. The Morgan fingerprint density at radius 1 is 1.11 bits per heavy atom. The van der Waals surface area contributed by atoms with Crippen LogP contribution in [0.15, 0.2) is 48.5 Å². The minimum atomic E-state index is 0.156. The van der Waals surface area contributed by atoms with Gasteiger partial charge in [0.2, 0.25) is 0 Å². The van der Waals surface area contributed by atoms with Crippen molar-refractivity contribution in [3.05, 3.63) is 59.1 Å². The van der Waals surface area contributed by atoms with Crippen molar-refractivity contribution >= 4 is 23.2 Å². The second kappa shape index (κ2) is 9.11. The molecule has 1 fully saturated rings. The predicted octanol–water partition coefficient (Wildman–Crippen LogP) is 2.32. The summed E-state index contributed by atoms with van der Waals surface area (Å²) in [6, 6.07) is 16.0. The Bertz CT molecular complexity index is 758. The third-order valence-electron chi connectivity index (χ3n) is 5.11. The van der Waals surface area contributed by atoms with Crippen LogP contribution < -0.4 is 15.0 Å². The Morgan fingerprint density at radius 3 is 2.41 bits per heavy atom. The first-order chi connectivity index (χ1) is 13.1. The standard InChI is InChI=1S/C21H26ClN3O2/c1-16(19-5-3-4-6-20(19)22)23-15-21(26)25-13-11-24(12-14-25)17-7-9-18(27-2)10-8-17/h3-10,16,23H,11-15H2,1-2H3/p+1/t16-/m1/s1. The van der Waals surface area contributed by atoms with E-state index < -0.39 is 0 Å². The molecule has 0 radical (unpaired) electrons. The Hall–Kier alpha value is -2.24. The molecule has 1 heterocycles. The Balaban J connectivity index is 1.47. The van der Waals surface area contributed by atoms with Crippen LogP contribution in [0.5, 0.6) is 5.75 Å². The van der Waals surface area contributed by atoms with Crippen LogP contribution in [-0.4, -0.2) is 50.6 Å². The summed E-state index contributed by atoms with van der Waals surface area (Å²) in [5, 5.41) is 2.81. The summed E-state index contributed by atoms with van der Waals surface area (Å²) in [5.74, 6) is 1.04. The molecule has 0 saturated carbocycles. The van der Waals surface area contributed by atoms with Crippen LogP contribution in [0.25, 0.3) is 0 Å². The van der Waals surface area contributed by atoms with Crippen molar-refractivity contribution in [3.8, 4) is 5.75 Å². The second-order valence-corrected chi connectivity index (χ2v) is 7.22. The van der Waals surface area contributed by atoms with Crippen LogP contribution in [0.1, 0.15) is 18.5 Å². The fraction of sp³-hybridized carbons (Fsp3) is 0.381. The van der Waals surface area contributed by atoms with Gasteiger partial charge in [-0.15, -0.1) is 0 Å². The molecule has 0 spiro atoms. The Labute approximate surface area is 165 Å². The molecule has 0 bridgehead atoms. The highest BCUT2D eigenvalue weighted by molar-refractivity contribution is 6.31. The van der Waals surface area contributed by atoms with Gasteiger partial charge in [-0.05, 0) is 37.3 Å². The lowest BCUT2D eigenvalue weighted by Crippen LogP contribution is -2.87. The highest BCUT2D eigenvalue weighted by Gasteiger charge is 2.23. The first-order valence-electron chi connectivity index (χ1n) is 9.33. The van der Waals surface area contributed by atoms with E-state index in [1.165, 1.54) is 5.69 Å². The van der Waals surface area contributed by atoms with Crippen LogP contribution in [0.3, 0.4) is 0 Å². The maximum Gasteiger partial charge on any atom is 0.277 e. The first-order valence-corrected chi connectivity index (χ1v) is 9.71. The van der Waals surface area contributed by atoms with Gasteiger partial charge in [-0.2, -0.15) is 0 Å². The molecule has 0 aliphatic carbocycles. The zero-order valence-electron chi connectivity index (χ0n) is 15.9. The monoisotopic (exact) mass is 388 g/mol. The SMILES string of the molecule is COc1ccc(N2CCN(C(=O)C[NH2+][C@H](C)c3ccccc3Cl)CC2)cc1. The van der Waals surface area contributed by atoms with Gasteiger partial charge in [0.05, 0.1) is 7.11 Å². The number of benzene rings is 2. The number of halogens is 1. The largest absolute Gasteiger partial charge is 0.497 e. The third-order valence-corrected chi connectivity index (χ3v) is 5.46. The van der Waals surface area contributed by atoms with E-state index in [1.807, 2.05) is 41.3 Å². The fourth-order valence-corrected chi connectivity index (χ4v) is 3.69. The number of anilines is 1. The van der Waals surface area contributed by atoms with Crippen LogP contribution in [0.2, 0.25) is 5.02 Å². The average Bonchev–Trinajstić information content (AvgIpc) is 2.72. The van der Waals surface area contributed by atoms with E-state index in [-0.39, 0.29) is 11.9 Å². The Kier molecular flexibility index (Phi) is 6.58. The van der Waals surface area contributed by atoms with E-state index in [2.05, 4.69) is 29.3 Å². The summed E-state index contributed by atoms with van der Waals surface area (Å²) >= 11 is 6.25. The molecular formula is C21H27ClN3O2+. The molecule has 1 aliphatic rings. The quantitative estimate of drug-likeness (QED) is 0.826. The average molecular weight is 389 g/mol. The van der Waals surface area contributed by atoms with Gasteiger partial charge in [-0.3, -0.25) is 4.79 Å². The van der Waals surface area contributed by atoms with Gasteiger partial charge < -0.3 is 19.9 Å². The molecule has 2 aromatic rings. The van der Waals surface area contributed by atoms with Crippen molar-refractivity contribution in [1.82, 2.24) is 4.90 Å². The fourth-order valence-electron chi connectivity index (χ4n) is 3.39. The number of hydrogen-bond acceptors (Lipinski definition) is 3. The Morgan fingerprint density at radius 2 is 1.78 bits per heavy atom. The lowest BCUT2D eigenvalue weighted by molar-refractivity contribution is -0.683. The van der Waals surface area contributed by atoms with Crippen molar-refractivity contribution < 1.29 is 14.8 Å². The van der Waals surface area contributed by atoms with Crippen LogP contribution in [0.4, 0.5) is 5.69 Å². The van der Waals surface area contributed by atoms with Crippen molar-refractivity contribution in [3.63, 3.8) is 0 Å². The number of piperazine rings is 1. The highest BCUT2D eigenvalue weighted by atomic mass is 35.5. The number of hydrogen-bond donors (Lipinski definition) is 1. The number of ether oxygens (including phenoxy) is 1. The van der Waals surface area contributed by atoms with Gasteiger partial charge in [0.15, 0.2) is 6.54 Å². The number of nitrogens with two attached hydrogens (primary N) is 1. The first kappa shape index (κ1) is 19.5. The van der Waals surface area contributed by atoms with Gasteiger partial charge in [-0.25, -0.2) is 0 Å². The molecule has 144 valence electrons. The molecule has 0 aromatic heterocycles.